The average molecular weight is 484 g/mol. The van der Waals surface area contributed by atoms with E-state index in [1.54, 1.807) is 6.20 Å². The largest absolute Gasteiger partial charge is 0.455 e. The van der Waals surface area contributed by atoms with Crippen LogP contribution in [0.15, 0.2) is 29.4 Å². The Labute approximate surface area is 189 Å². The van der Waals surface area contributed by atoms with Gasteiger partial charge in [0.2, 0.25) is 0 Å². The molecule has 12 heteroatoms. The van der Waals surface area contributed by atoms with Gasteiger partial charge in [-0.05, 0) is 36.3 Å². The Bertz CT molecular complexity index is 1140. The van der Waals surface area contributed by atoms with Gasteiger partial charge in [-0.1, -0.05) is 6.92 Å². The van der Waals surface area contributed by atoms with Crippen LogP contribution in [0.3, 0.4) is 0 Å². The van der Waals surface area contributed by atoms with Crippen LogP contribution in [0.5, 0.6) is 0 Å². The first-order valence-corrected chi connectivity index (χ1v) is 10.9. The van der Waals surface area contributed by atoms with Crippen LogP contribution in [0.25, 0.3) is 11.4 Å². The quantitative estimate of drug-likeness (QED) is 0.400. The Morgan fingerprint density at radius 1 is 1.21 bits per heavy atom. The highest BCUT2D eigenvalue weighted by Crippen LogP contribution is 2.48. The van der Waals surface area contributed by atoms with E-state index >= 15 is 0 Å². The van der Waals surface area contributed by atoms with Crippen molar-refractivity contribution in [3.8, 4) is 17.5 Å². The van der Waals surface area contributed by atoms with Gasteiger partial charge >= 0.3 is 18.2 Å². The van der Waals surface area contributed by atoms with Crippen molar-refractivity contribution in [2.75, 3.05) is 17.2 Å². The van der Waals surface area contributed by atoms with E-state index in [0.29, 0.717) is 17.1 Å². The molecule has 1 amide bonds. The molecule has 2 aromatic rings. The van der Waals surface area contributed by atoms with Gasteiger partial charge in [0, 0.05) is 16.7 Å². The van der Waals surface area contributed by atoms with Crippen molar-refractivity contribution in [3.05, 3.63) is 35.7 Å². The van der Waals surface area contributed by atoms with E-state index < -0.39 is 30.2 Å². The summed E-state index contributed by atoms with van der Waals surface area (Å²) in [6, 6.07) is 5.65. The minimum atomic E-state index is -5.82. The lowest BCUT2D eigenvalue weighted by molar-refractivity contribution is -0.276. The van der Waals surface area contributed by atoms with Crippen LogP contribution in [0.2, 0.25) is 0 Å². The lowest BCUT2D eigenvalue weighted by atomic mass is 9.99. The van der Waals surface area contributed by atoms with Crippen molar-refractivity contribution in [2.24, 2.45) is 0 Å². The van der Waals surface area contributed by atoms with Crippen molar-refractivity contribution in [3.63, 3.8) is 0 Å². The summed E-state index contributed by atoms with van der Waals surface area (Å²) in [5.74, 6) is -4.42. The van der Waals surface area contributed by atoms with E-state index in [-0.39, 0.29) is 22.8 Å². The van der Waals surface area contributed by atoms with Gasteiger partial charge < -0.3 is 4.74 Å². The molecule has 1 fully saturated rings. The van der Waals surface area contributed by atoms with Crippen LogP contribution in [0.4, 0.5) is 32.4 Å². The number of fused-ring (bicyclic) bond motifs is 1. The van der Waals surface area contributed by atoms with Gasteiger partial charge in [-0.2, -0.15) is 27.2 Å². The zero-order valence-electron chi connectivity index (χ0n) is 17.2. The number of hydrogen-bond acceptors (Lipinski definition) is 6. The monoisotopic (exact) mass is 484 g/mol. The summed E-state index contributed by atoms with van der Waals surface area (Å²) in [7, 11) is 0. The topological polar surface area (TPSA) is 79.1 Å². The van der Waals surface area contributed by atoms with Gasteiger partial charge in [0.05, 0.1) is 29.1 Å². The summed E-state index contributed by atoms with van der Waals surface area (Å²) in [5, 5.41) is 9.46. The summed E-state index contributed by atoms with van der Waals surface area (Å²) >= 11 is 1.48. The van der Waals surface area contributed by atoms with Gasteiger partial charge in [0.15, 0.2) is 0 Å². The number of nitrogens with zero attached hydrogens (tertiary/aromatic N) is 4. The molecule has 3 heterocycles. The van der Waals surface area contributed by atoms with Crippen molar-refractivity contribution in [1.29, 1.82) is 5.26 Å². The van der Waals surface area contributed by atoms with Crippen molar-refractivity contribution < 1.29 is 31.5 Å². The van der Waals surface area contributed by atoms with E-state index in [4.69, 9.17) is 4.74 Å². The zero-order chi connectivity index (χ0) is 24.0. The molecule has 2 aromatic heterocycles. The summed E-state index contributed by atoms with van der Waals surface area (Å²) in [6.45, 7) is -0.274. The molecule has 0 spiro atoms. The molecule has 4 rings (SSSR count). The first-order valence-electron chi connectivity index (χ1n) is 9.94. The van der Waals surface area contributed by atoms with E-state index in [1.807, 2.05) is 13.0 Å². The van der Waals surface area contributed by atoms with E-state index in [0.717, 1.165) is 29.5 Å². The van der Waals surface area contributed by atoms with Crippen LogP contribution in [-0.2, 0) is 16.8 Å². The third-order valence-corrected chi connectivity index (χ3v) is 6.42. The number of amides is 1. The molecule has 2 aliphatic rings. The summed E-state index contributed by atoms with van der Waals surface area (Å²) in [4.78, 5) is 21.6. The maximum Gasteiger partial charge on any atom is 0.455 e. The number of nitriles is 1. The third-order valence-electron chi connectivity index (χ3n) is 5.51. The highest BCUT2D eigenvalue weighted by atomic mass is 32.2. The van der Waals surface area contributed by atoms with Gasteiger partial charge in [-0.15, -0.1) is 11.8 Å². The number of ether oxygens (including phenoxy) is 1. The standard InChI is InChI=1S/C21H17F5N4O2S/c1-2-33-16-6-13(19(10-27)3-4-19)7-29-17(16)14-5-12-9-32-18(31)30(15(12)8-28-14)11-20(22,23)21(24,25)26/h5-8H,2-4,9,11H2,1H3. The fraction of sp³-hybridized carbons (Fsp3) is 0.429. The van der Waals surface area contributed by atoms with Gasteiger partial charge in [-0.25, -0.2) is 4.79 Å². The van der Waals surface area contributed by atoms with Gasteiger partial charge in [0.25, 0.3) is 0 Å². The first-order chi connectivity index (χ1) is 15.5. The number of carbonyl (C=O) groups is 1. The molecule has 1 saturated carbocycles. The molecule has 0 atom stereocenters. The van der Waals surface area contributed by atoms with E-state index in [2.05, 4.69) is 16.0 Å². The lowest BCUT2D eigenvalue weighted by Gasteiger charge is -2.32. The van der Waals surface area contributed by atoms with Crippen LogP contribution in [-0.4, -0.2) is 40.5 Å². The molecule has 174 valence electrons. The first kappa shape index (κ1) is 23.2. The highest BCUT2D eigenvalue weighted by molar-refractivity contribution is 7.99. The van der Waals surface area contributed by atoms with Gasteiger partial charge in [0.1, 0.15) is 18.8 Å². The SMILES string of the molecule is CCSc1cc(C2(C#N)CC2)cnc1-c1cc2c(cn1)N(CC(F)(F)C(F)(F)F)C(=O)OC2. The van der Waals surface area contributed by atoms with E-state index in [9.17, 15) is 32.0 Å². The van der Waals surface area contributed by atoms with Crippen molar-refractivity contribution in [1.82, 2.24) is 9.97 Å². The molecule has 0 saturated heterocycles. The fourth-order valence-electron chi connectivity index (χ4n) is 3.49. The molecule has 0 radical (unpaired) electrons. The number of anilines is 1. The Balaban J connectivity index is 1.70. The zero-order valence-corrected chi connectivity index (χ0v) is 18.1. The average Bonchev–Trinajstić information content (AvgIpc) is 3.56. The fourth-order valence-corrected chi connectivity index (χ4v) is 4.30. The normalized spacial score (nSPS) is 17.2. The molecule has 1 aliphatic carbocycles. The second-order valence-electron chi connectivity index (χ2n) is 7.74. The maximum atomic E-state index is 13.6. The molecule has 6 nitrogen and oxygen atoms in total. The number of aromatic nitrogens is 2. The second-order valence-corrected chi connectivity index (χ2v) is 9.04. The number of thioether (sulfide) groups is 1. The molecule has 1 aliphatic heterocycles. The Hall–Kier alpha value is -2.94. The number of pyridine rings is 2. The Morgan fingerprint density at radius 3 is 2.55 bits per heavy atom. The highest BCUT2D eigenvalue weighted by Gasteiger charge is 2.59. The number of halogens is 5. The number of cyclic esters (lactones) is 1. The number of carbonyl (C=O) groups excluding carboxylic acids is 1. The second kappa shape index (κ2) is 8.13. The van der Waals surface area contributed by atoms with Crippen molar-refractivity contribution in [2.45, 2.75) is 48.8 Å². The van der Waals surface area contributed by atoms with Gasteiger partial charge in [-0.3, -0.25) is 14.9 Å². The van der Waals surface area contributed by atoms with Crippen LogP contribution in [0, 0.1) is 11.3 Å². The Kier molecular flexibility index (Phi) is 5.72. The Morgan fingerprint density at radius 2 is 1.94 bits per heavy atom. The molecule has 0 bridgehead atoms. The van der Waals surface area contributed by atoms with Crippen LogP contribution < -0.4 is 4.90 Å². The van der Waals surface area contributed by atoms with Crippen LogP contribution in [0.1, 0.15) is 30.9 Å². The number of rotatable bonds is 6. The molecular formula is C21H17F5N4O2S. The maximum absolute atomic E-state index is 13.6. The smallest absolute Gasteiger partial charge is 0.444 e. The molecule has 0 unspecified atom stereocenters. The molecule has 0 N–H and O–H groups in total. The van der Waals surface area contributed by atoms with Crippen molar-refractivity contribution >= 4 is 23.5 Å². The summed E-state index contributed by atoms with van der Waals surface area (Å²) < 4.78 is 70.0. The number of alkyl halides is 5. The predicted molar refractivity (Wildman–Crippen MR) is 109 cm³/mol. The summed E-state index contributed by atoms with van der Waals surface area (Å²) in [5.41, 5.74) is 1.14. The van der Waals surface area contributed by atoms with Crippen LogP contribution >= 0.6 is 11.8 Å². The third kappa shape index (κ3) is 4.21. The predicted octanol–water partition coefficient (Wildman–Crippen LogP) is 5.46. The number of hydrogen-bond donors (Lipinski definition) is 0. The minimum absolute atomic E-state index is 0.179. The molecule has 0 aromatic carbocycles. The summed E-state index contributed by atoms with van der Waals surface area (Å²) in [6.07, 6.45) is -2.95. The molecule has 33 heavy (non-hydrogen) atoms. The lowest BCUT2D eigenvalue weighted by Crippen LogP contribution is -2.50. The molecular weight excluding hydrogens is 467 g/mol. The minimum Gasteiger partial charge on any atom is -0.444 e. The van der Waals surface area contributed by atoms with E-state index in [1.165, 1.54) is 17.8 Å².